The third-order valence-electron chi connectivity index (χ3n) is 2.46. The Labute approximate surface area is 93.8 Å². The van der Waals surface area contributed by atoms with E-state index in [9.17, 15) is 13.6 Å². The molecule has 1 nitrogen and oxygen atoms in total. The zero-order chi connectivity index (χ0) is 12.1. The Morgan fingerprint density at radius 3 is 2.44 bits per heavy atom. The largest absolute Gasteiger partial charge is 0.289 e. The van der Waals surface area contributed by atoms with E-state index in [1.165, 1.54) is 18.2 Å². The van der Waals surface area contributed by atoms with E-state index >= 15 is 0 Å². The fraction of sp³-hybridized carbons (Fsp3) is 0.308. The molecular formula is C13H14F2O. The lowest BCUT2D eigenvalue weighted by Crippen LogP contribution is -2.02. The van der Waals surface area contributed by atoms with E-state index in [1.54, 1.807) is 0 Å². The molecule has 0 aliphatic rings. The van der Waals surface area contributed by atoms with Crippen LogP contribution in [0.3, 0.4) is 0 Å². The molecule has 0 fully saturated rings. The van der Waals surface area contributed by atoms with Crippen LogP contribution in [-0.4, -0.2) is 5.78 Å². The summed E-state index contributed by atoms with van der Waals surface area (Å²) < 4.78 is 26.2. The predicted octanol–water partition coefficient (Wildman–Crippen LogP) is 3.89. The van der Waals surface area contributed by atoms with Crippen molar-refractivity contribution in [2.24, 2.45) is 0 Å². The normalized spacial score (nSPS) is 10.0. The van der Waals surface area contributed by atoms with Crippen LogP contribution in [0.15, 0.2) is 29.8 Å². The first kappa shape index (κ1) is 12.6. The first-order valence-corrected chi connectivity index (χ1v) is 5.27. The Morgan fingerprint density at radius 2 is 1.88 bits per heavy atom. The van der Waals surface area contributed by atoms with Crippen LogP contribution in [0.1, 0.15) is 37.0 Å². The summed E-state index contributed by atoms with van der Waals surface area (Å²) >= 11 is 0. The number of halogens is 2. The zero-order valence-corrected chi connectivity index (χ0v) is 9.39. The SMILES string of the molecule is CCC(=CC(=O)c1cccc(F)c1F)CC. The second kappa shape index (κ2) is 5.54. The molecule has 0 aromatic heterocycles. The van der Waals surface area contributed by atoms with Gasteiger partial charge in [0.25, 0.3) is 0 Å². The van der Waals surface area contributed by atoms with E-state index in [0.717, 1.165) is 24.5 Å². The molecule has 16 heavy (non-hydrogen) atoms. The minimum Gasteiger partial charge on any atom is -0.289 e. The second-order valence-corrected chi connectivity index (χ2v) is 3.48. The van der Waals surface area contributed by atoms with Gasteiger partial charge in [-0.05, 0) is 31.1 Å². The zero-order valence-electron chi connectivity index (χ0n) is 9.39. The fourth-order valence-corrected chi connectivity index (χ4v) is 1.41. The van der Waals surface area contributed by atoms with Crippen LogP contribution in [0.2, 0.25) is 0 Å². The maximum atomic E-state index is 13.3. The molecule has 1 aromatic rings. The highest BCUT2D eigenvalue weighted by Gasteiger charge is 2.13. The summed E-state index contributed by atoms with van der Waals surface area (Å²) in [5.74, 6) is -2.54. The molecule has 0 radical (unpaired) electrons. The van der Waals surface area contributed by atoms with Gasteiger partial charge in [0.1, 0.15) is 0 Å². The molecule has 0 spiro atoms. The number of rotatable bonds is 4. The van der Waals surface area contributed by atoms with E-state index in [2.05, 4.69) is 0 Å². The summed E-state index contributed by atoms with van der Waals surface area (Å²) in [6.45, 7) is 3.84. The smallest absolute Gasteiger partial charge is 0.188 e. The van der Waals surface area contributed by atoms with Crippen molar-refractivity contribution in [2.45, 2.75) is 26.7 Å². The summed E-state index contributed by atoms with van der Waals surface area (Å²) in [4.78, 5) is 11.7. The van der Waals surface area contributed by atoms with E-state index in [1.807, 2.05) is 13.8 Å². The van der Waals surface area contributed by atoms with Crippen molar-refractivity contribution in [3.05, 3.63) is 47.0 Å². The number of carbonyl (C=O) groups is 1. The van der Waals surface area contributed by atoms with Gasteiger partial charge in [-0.15, -0.1) is 0 Å². The Bertz CT molecular complexity index is 416. The molecular weight excluding hydrogens is 210 g/mol. The maximum Gasteiger partial charge on any atom is 0.188 e. The summed E-state index contributed by atoms with van der Waals surface area (Å²) in [5, 5.41) is 0. The summed E-state index contributed by atoms with van der Waals surface area (Å²) in [6.07, 6.45) is 2.86. The van der Waals surface area contributed by atoms with Crippen molar-refractivity contribution in [1.29, 1.82) is 0 Å². The number of benzene rings is 1. The lowest BCUT2D eigenvalue weighted by Gasteiger charge is -2.02. The van der Waals surface area contributed by atoms with Gasteiger partial charge in [-0.3, -0.25) is 4.79 Å². The van der Waals surface area contributed by atoms with Gasteiger partial charge < -0.3 is 0 Å². The lowest BCUT2D eigenvalue weighted by molar-refractivity contribution is 0.104. The van der Waals surface area contributed by atoms with Crippen molar-refractivity contribution in [1.82, 2.24) is 0 Å². The third-order valence-corrected chi connectivity index (χ3v) is 2.46. The molecule has 0 N–H and O–H groups in total. The van der Waals surface area contributed by atoms with Gasteiger partial charge in [0.2, 0.25) is 0 Å². The molecule has 0 aliphatic heterocycles. The van der Waals surface area contributed by atoms with Crippen LogP contribution in [0.25, 0.3) is 0 Å². The minimum atomic E-state index is -1.07. The van der Waals surface area contributed by atoms with Crippen molar-refractivity contribution >= 4 is 5.78 Å². The Morgan fingerprint density at radius 1 is 1.25 bits per heavy atom. The van der Waals surface area contributed by atoms with Crippen LogP contribution in [-0.2, 0) is 0 Å². The highest BCUT2D eigenvalue weighted by Crippen LogP contribution is 2.14. The Balaban J connectivity index is 3.06. The van der Waals surface area contributed by atoms with Gasteiger partial charge in [-0.25, -0.2) is 8.78 Å². The van der Waals surface area contributed by atoms with Crippen LogP contribution < -0.4 is 0 Å². The molecule has 0 saturated carbocycles. The molecule has 0 atom stereocenters. The van der Waals surface area contributed by atoms with Crippen LogP contribution in [0.5, 0.6) is 0 Å². The van der Waals surface area contributed by atoms with Crippen molar-refractivity contribution in [2.75, 3.05) is 0 Å². The first-order valence-electron chi connectivity index (χ1n) is 5.27. The molecule has 1 aromatic carbocycles. The van der Waals surface area contributed by atoms with E-state index in [-0.39, 0.29) is 5.56 Å². The van der Waals surface area contributed by atoms with Crippen LogP contribution >= 0.6 is 0 Å². The van der Waals surface area contributed by atoms with Crippen LogP contribution in [0.4, 0.5) is 8.78 Å². The van der Waals surface area contributed by atoms with E-state index in [4.69, 9.17) is 0 Å². The summed E-state index contributed by atoms with van der Waals surface area (Å²) in [7, 11) is 0. The predicted molar refractivity (Wildman–Crippen MR) is 59.4 cm³/mol. The number of ketones is 1. The monoisotopic (exact) mass is 224 g/mol. The highest BCUT2D eigenvalue weighted by atomic mass is 19.2. The quantitative estimate of drug-likeness (QED) is 0.560. The second-order valence-electron chi connectivity index (χ2n) is 3.48. The van der Waals surface area contributed by atoms with Gasteiger partial charge in [-0.1, -0.05) is 25.5 Å². The third kappa shape index (κ3) is 2.75. The molecule has 86 valence electrons. The summed E-state index contributed by atoms with van der Waals surface area (Å²) in [6, 6.07) is 3.62. The highest BCUT2D eigenvalue weighted by molar-refractivity contribution is 6.05. The average molecular weight is 224 g/mol. The molecule has 0 aliphatic carbocycles. The minimum absolute atomic E-state index is 0.209. The lowest BCUT2D eigenvalue weighted by atomic mass is 10.0. The number of allylic oxidation sites excluding steroid dienone is 2. The van der Waals surface area contributed by atoms with Gasteiger partial charge >= 0.3 is 0 Å². The van der Waals surface area contributed by atoms with Crippen molar-refractivity contribution in [3.63, 3.8) is 0 Å². The van der Waals surface area contributed by atoms with Gasteiger partial charge in [-0.2, -0.15) is 0 Å². The molecule has 0 amide bonds. The number of carbonyl (C=O) groups excluding carboxylic acids is 1. The van der Waals surface area contributed by atoms with Crippen molar-refractivity contribution in [3.8, 4) is 0 Å². The van der Waals surface area contributed by atoms with E-state index in [0.29, 0.717) is 0 Å². The van der Waals surface area contributed by atoms with Gasteiger partial charge in [0.05, 0.1) is 5.56 Å². The topological polar surface area (TPSA) is 17.1 Å². The number of hydrogen-bond donors (Lipinski definition) is 0. The molecule has 3 heteroatoms. The van der Waals surface area contributed by atoms with Gasteiger partial charge in [0, 0.05) is 0 Å². The molecule has 0 heterocycles. The first-order chi connectivity index (χ1) is 7.60. The Kier molecular flexibility index (Phi) is 4.35. The molecule has 1 rings (SSSR count). The molecule has 0 unspecified atom stereocenters. The van der Waals surface area contributed by atoms with Gasteiger partial charge in [0.15, 0.2) is 17.4 Å². The maximum absolute atomic E-state index is 13.3. The molecule has 0 saturated heterocycles. The average Bonchev–Trinajstić information content (AvgIpc) is 2.29. The molecule has 0 bridgehead atoms. The summed E-state index contributed by atoms with van der Waals surface area (Å²) in [5.41, 5.74) is 0.716. The Hall–Kier alpha value is -1.51. The van der Waals surface area contributed by atoms with Crippen LogP contribution in [0, 0.1) is 11.6 Å². The standard InChI is InChI=1S/C13H14F2O/c1-3-9(4-2)8-12(16)10-6-5-7-11(14)13(10)15/h5-8H,3-4H2,1-2H3. The number of hydrogen-bond acceptors (Lipinski definition) is 1. The fourth-order valence-electron chi connectivity index (χ4n) is 1.41. The van der Waals surface area contributed by atoms with E-state index < -0.39 is 17.4 Å². The van der Waals surface area contributed by atoms with Crippen molar-refractivity contribution < 1.29 is 13.6 Å².